The molecule has 0 rings (SSSR count). The van der Waals surface area contributed by atoms with E-state index < -0.39 is 0 Å². The number of hydrogen-bond donors (Lipinski definition) is 0. The van der Waals surface area contributed by atoms with Gasteiger partial charge in [0.15, 0.2) is 0 Å². The number of unbranched alkanes of at least 4 members (excludes halogenated alkanes) is 43. The van der Waals surface area contributed by atoms with Gasteiger partial charge in [-0.2, -0.15) is 0 Å². The molecule has 7 nitrogen and oxygen atoms in total. The fourth-order valence-electron chi connectivity index (χ4n) is 12.9. The lowest BCUT2D eigenvalue weighted by Crippen LogP contribution is -2.27. The van der Waals surface area contributed by atoms with Gasteiger partial charge in [-0.3, -0.25) is 9.59 Å². The molecule has 536 valence electrons. The molecule has 0 aliphatic heterocycles. The average Bonchev–Trinajstić information content (AvgIpc) is 3.60. The molecule has 0 aromatic rings. The van der Waals surface area contributed by atoms with E-state index in [1.807, 2.05) is 0 Å². The summed E-state index contributed by atoms with van der Waals surface area (Å²) in [4.78, 5) is 32.8. The zero-order chi connectivity index (χ0) is 65.7. The SMILES string of the molecule is CCCCC/C=C\C/C=C\CCCCCCCCN(CCC)CCCCCCCCCCOC(=O)CCCCCCCCCN(CCC)CCCCCCCCCC(=O)OCCCCCCCCCN(CCC)CCCCCCCC/C=C\C/C=C\CCCCC. The Bertz CT molecular complexity index is 1540. The molecule has 0 saturated heterocycles. The zero-order valence-corrected chi connectivity index (χ0v) is 62.4. The van der Waals surface area contributed by atoms with Crippen LogP contribution in [0.1, 0.15) is 407 Å². The van der Waals surface area contributed by atoms with Crippen molar-refractivity contribution < 1.29 is 19.1 Å². The fraction of sp³-hybridized carbons (Fsp3) is 0.881. The molecule has 0 spiro atoms. The van der Waals surface area contributed by atoms with Crippen LogP contribution in [0.5, 0.6) is 0 Å². The number of ether oxygens (including phenoxy) is 2. The number of carbonyl (C=O) groups excluding carboxylic acids is 2. The van der Waals surface area contributed by atoms with Gasteiger partial charge in [0.1, 0.15) is 0 Å². The van der Waals surface area contributed by atoms with Crippen molar-refractivity contribution in [1.29, 1.82) is 0 Å². The van der Waals surface area contributed by atoms with E-state index in [2.05, 4.69) is 97.9 Å². The van der Waals surface area contributed by atoms with Crippen LogP contribution in [-0.2, 0) is 19.1 Å². The monoisotopic (exact) mass is 1280 g/mol. The number of carbonyl (C=O) groups is 2. The van der Waals surface area contributed by atoms with Crippen molar-refractivity contribution in [2.75, 3.05) is 72.1 Å². The normalized spacial score (nSPS) is 12.2. The van der Waals surface area contributed by atoms with Crippen LogP contribution in [0, 0.1) is 0 Å². The molecule has 0 atom stereocenters. The summed E-state index contributed by atoms with van der Waals surface area (Å²) in [6, 6.07) is 0. The lowest BCUT2D eigenvalue weighted by molar-refractivity contribution is -0.144. The Hall–Kier alpha value is -2.22. The number of allylic oxidation sites excluding steroid dienone is 8. The van der Waals surface area contributed by atoms with E-state index in [1.54, 1.807) is 0 Å². The lowest BCUT2D eigenvalue weighted by atomic mass is 10.1. The van der Waals surface area contributed by atoms with Gasteiger partial charge in [-0.25, -0.2) is 0 Å². The van der Waals surface area contributed by atoms with Gasteiger partial charge in [-0.1, -0.05) is 295 Å². The Kier molecular flexibility index (Phi) is 76.6. The van der Waals surface area contributed by atoms with E-state index in [4.69, 9.17) is 9.47 Å². The highest BCUT2D eigenvalue weighted by molar-refractivity contribution is 5.69. The molecular formula is C84H161N3O4. The molecule has 0 aromatic carbocycles. The second-order valence-electron chi connectivity index (χ2n) is 27.9. The molecule has 0 aromatic heterocycles. The predicted molar refractivity (Wildman–Crippen MR) is 404 cm³/mol. The van der Waals surface area contributed by atoms with E-state index in [1.165, 1.54) is 367 Å². The Balaban J connectivity index is 3.61. The van der Waals surface area contributed by atoms with Gasteiger partial charge in [0, 0.05) is 12.8 Å². The topological polar surface area (TPSA) is 62.3 Å². The molecular weight excluding hydrogens is 1110 g/mol. The second kappa shape index (κ2) is 78.5. The first-order valence-electron chi connectivity index (χ1n) is 41.1. The molecule has 0 fully saturated rings. The summed E-state index contributed by atoms with van der Waals surface area (Å²) in [6.45, 7) is 24.1. The lowest BCUT2D eigenvalue weighted by Gasteiger charge is -2.21. The number of rotatable bonds is 77. The van der Waals surface area contributed by atoms with Crippen LogP contribution in [0.25, 0.3) is 0 Å². The van der Waals surface area contributed by atoms with Crippen molar-refractivity contribution >= 4 is 11.9 Å². The van der Waals surface area contributed by atoms with Gasteiger partial charge in [-0.15, -0.1) is 0 Å². The molecule has 0 heterocycles. The van der Waals surface area contributed by atoms with Gasteiger partial charge in [0.2, 0.25) is 0 Å². The van der Waals surface area contributed by atoms with Crippen molar-refractivity contribution in [1.82, 2.24) is 14.7 Å². The van der Waals surface area contributed by atoms with Crippen LogP contribution in [-0.4, -0.2) is 98.8 Å². The second-order valence-corrected chi connectivity index (χ2v) is 27.9. The van der Waals surface area contributed by atoms with Gasteiger partial charge >= 0.3 is 11.9 Å². The van der Waals surface area contributed by atoms with Gasteiger partial charge in [0.25, 0.3) is 0 Å². The minimum Gasteiger partial charge on any atom is -0.466 e. The molecule has 0 N–H and O–H groups in total. The standard InChI is InChI=1S/C84H161N3O4/c1-6-11-13-15-17-19-21-23-25-27-29-31-33-42-52-62-75-85(72-8-3)77-64-54-44-35-36-48-58-68-81-90-83(88)70-60-50-40-37-45-55-65-78-87(74-10-5)79-66-56-46-38-41-51-61-71-84(89)91-82-69-59-49-39-47-57-67-80-86(73-9-4)76-63-53-43-34-32-30-28-26-24-22-20-18-16-14-12-7-2/h17-20,23-26H,6-16,21-22,27-82H2,1-5H3/b19-17-,20-18-,25-23-,26-24-. The first-order valence-corrected chi connectivity index (χ1v) is 41.1. The maximum Gasteiger partial charge on any atom is 0.305 e. The fourth-order valence-corrected chi connectivity index (χ4v) is 12.9. The van der Waals surface area contributed by atoms with Crippen LogP contribution >= 0.6 is 0 Å². The highest BCUT2D eigenvalue weighted by atomic mass is 16.5. The molecule has 0 aliphatic carbocycles. The largest absolute Gasteiger partial charge is 0.466 e. The predicted octanol–water partition coefficient (Wildman–Crippen LogP) is 25.9. The summed E-state index contributed by atoms with van der Waals surface area (Å²) >= 11 is 0. The minimum absolute atomic E-state index is 0.0112. The van der Waals surface area contributed by atoms with Crippen LogP contribution in [0.2, 0.25) is 0 Å². The molecule has 0 unspecified atom stereocenters. The van der Waals surface area contributed by atoms with Crippen LogP contribution in [0.4, 0.5) is 0 Å². The molecule has 7 heteroatoms. The summed E-state index contributed by atoms with van der Waals surface area (Å²) in [5.41, 5.74) is 0. The van der Waals surface area contributed by atoms with Crippen molar-refractivity contribution in [2.24, 2.45) is 0 Å². The van der Waals surface area contributed by atoms with Crippen molar-refractivity contribution in [3.8, 4) is 0 Å². The summed E-state index contributed by atoms with van der Waals surface area (Å²) in [6.07, 6.45) is 91.8. The highest BCUT2D eigenvalue weighted by Gasteiger charge is 2.09. The van der Waals surface area contributed by atoms with E-state index >= 15 is 0 Å². The van der Waals surface area contributed by atoms with E-state index in [0.717, 1.165) is 51.4 Å². The quantitative estimate of drug-likeness (QED) is 0.0342. The minimum atomic E-state index is 0.0112. The molecule has 0 amide bonds. The van der Waals surface area contributed by atoms with Crippen LogP contribution < -0.4 is 0 Å². The first kappa shape index (κ1) is 88.8. The maximum atomic E-state index is 12.3. The molecule has 0 radical (unpaired) electrons. The third-order valence-electron chi connectivity index (χ3n) is 18.7. The Morgan fingerprint density at radius 1 is 0.220 bits per heavy atom. The molecule has 0 aliphatic rings. The van der Waals surface area contributed by atoms with Gasteiger partial charge in [-0.05, 0) is 207 Å². The maximum absolute atomic E-state index is 12.3. The first-order chi connectivity index (χ1) is 45.0. The van der Waals surface area contributed by atoms with Crippen molar-refractivity contribution in [3.05, 3.63) is 48.6 Å². The summed E-state index contributed by atoms with van der Waals surface area (Å²) in [5.74, 6) is 0.0233. The van der Waals surface area contributed by atoms with Crippen molar-refractivity contribution in [2.45, 2.75) is 407 Å². The van der Waals surface area contributed by atoms with Gasteiger partial charge < -0.3 is 24.2 Å². The average molecular weight is 1280 g/mol. The Morgan fingerprint density at radius 2 is 0.429 bits per heavy atom. The summed E-state index contributed by atoms with van der Waals surface area (Å²) < 4.78 is 11.2. The molecule has 0 bridgehead atoms. The van der Waals surface area contributed by atoms with E-state index in [-0.39, 0.29) is 11.9 Å². The van der Waals surface area contributed by atoms with Gasteiger partial charge in [0.05, 0.1) is 13.2 Å². The summed E-state index contributed by atoms with van der Waals surface area (Å²) in [5, 5.41) is 0. The zero-order valence-electron chi connectivity index (χ0n) is 62.4. The number of nitrogens with zero attached hydrogens (tertiary/aromatic N) is 3. The van der Waals surface area contributed by atoms with Crippen LogP contribution in [0.15, 0.2) is 48.6 Å². The molecule has 91 heavy (non-hydrogen) atoms. The highest BCUT2D eigenvalue weighted by Crippen LogP contribution is 2.17. The third-order valence-corrected chi connectivity index (χ3v) is 18.7. The smallest absolute Gasteiger partial charge is 0.305 e. The Morgan fingerprint density at radius 3 is 0.670 bits per heavy atom. The number of esters is 2. The summed E-state index contributed by atoms with van der Waals surface area (Å²) in [7, 11) is 0. The van der Waals surface area contributed by atoms with Crippen LogP contribution in [0.3, 0.4) is 0 Å². The molecule has 0 saturated carbocycles. The van der Waals surface area contributed by atoms with E-state index in [0.29, 0.717) is 26.1 Å². The van der Waals surface area contributed by atoms with E-state index in [9.17, 15) is 9.59 Å². The number of hydrogen-bond acceptors (Lipinski definition) is 7. The third kappa shape index (κ3) is 73.4. The Labute approximate surface area is 570 Å². The van der Waals surface area contributed by atoms with Crippen molar-refractivity contribution in [3.63, 3.8) is 0 Å².